The highest BCUT2D eigenvalue weighted by Crippen LogP contribution is 2.34. The van der Waals surface area contributed by atoms with Gasteiger partial charge in [-0.2, -0.15) is 13.2 Å². The second-order valence-corrected chi connectivity index (χ2v) is 4.47. The van der Waals surface area contributed by atoms with E-state index in [4.69, 9.17) is 16.3 Å². The predicted octanol–water partition coefficient (Wildman–Crippen LogP) is 2.99. The van der Waals surface area contributed by atoms with Crippen LogP contribution in [0.4, 0.5) is 13.2 Å². The molecule has 16 heavy (non-hydrogen) atoms. The first-order chi connectivity index (χ1) is 7.47. The van der Waals surface area contributed by atoms with Gasteiger partial charge in [-0.15, -0.1) is 11.6 Å². The van der Waals surface area contributed by atoms with Gasteiger partial charge in [-0.3, -0.25) is 0 Å². The molecule has 96 valence electrons. The lowest BCUT2D eigenvalue weighted by atomic mass is 9.85. The molecule has 0 aromatic carbocycles. The third kappa shape index (κ3) is 4.89. The molecule has 6 heteroatoms. The van der Waals surface area contributed by atoms with Crippen LogP contribution in [0.25, 0.3) is 0 Å². The summed E-state index contributed by atoms with van der Waals surface area (Å²) in [7, 11) is 0. The van der Waals surface area contributed by atoms with Crippen LogP contribution >= 0.6 is 11.6 Å². The van der Waals surface area contributed by atoms with Gasteiger partial charge < -0.3 is 9.47 Å². The zero-order valence-electron chi connectivity index (χ0n) is 8.99. The standard InChI is InChI=1S/C10H16ClF3O2/c11-6-9(3-5-16-7-9)2-1-4-15-8-10(12,13)14/h1-8H2. The first-order valence-electron chi connectivity index (χ1n) is 5.26. The highest BCUT2D eigenvalue weighted by atomic mass is 35.5. The van der Waals surface area contributed by atoms with Gasteiger partial charge in [-0.05, 0) is 19.3 Å². The Morgan fingerprint density at radius 1 is 1.38 bits per heavy atom. The van der Waals surface area contributed by atoms with E-state index in [9.17, 15) is 13.2 Å². The van der Waals surface area contributed by atoms with E-state index in [0.717, 1.165) is 12.8 Å². The molecule has 0 N–H and O–H groups in total. The van der Waals surface area contributed by atoms with Gasteiger partial charge in [-0.25, -0.2) is 0 Å². The van der Waals surface area contributed by atoms with Crippen LogP contribution in [0.2, 0.25) is 0 Å². The summed E-state index contributed by atoms with van der Waals surface area (Å²) in [6.07, 6.45) is -2.00. The minimum absolute atomic E-state index is 0.0524. The molecule has 0 spiro atoms. The van der Waals surface area contributed by atoms with E-state index in [-0.39, 0.29) is 12.0 Å². The van der Waals surface area contributed by atoms with Crippen molar-refractivity contribution in [3.63, 3.8) is 0 Å². The average molecular weight is 261 g/mol. The molecule has 1 rings (SSSR count). The SMILES string of the molecule is FC(F)(F)COCCCC1(CCl)CCOC1. The van der Waals surface area contributed by atoms with Crippen LogP contribution in [-0.2, 0) is 9.47 Å². The lowest BCUT2D eigenvalue weighted by Gasteiger charge is -2.24. The topological polar surface area (TPSA) is 18.5 Å². The fourth-order valence-corrected chi connectivity index (χ4v) is 2.10. The van der Waals surface area contributed by atoms with Crippen molar-refractivity contribution in [3.05, 3.63) is 0 Å². The summed E-state index contributed by atoms with van der Waals surface area (Å²) in [4.78, 5) is 0. The highest BCUT2D eigenvalue weighted by Gasteiger charge is 2.33. The maximum atomic E-state index is 11.8. The molecule has 1 aliphatic rings. The van der Waals surface area contributed by atoms with Crippen LogP contribution in [0.3, 0.4) is 0 Å². The van der Waals surface area contributed by atoms with Crippen molar-refractivity contribution in [3.8, 4) is 0 Å². The summed E-state index contributed by atoms with van der Waals surface area (Å²) in [5, 5.41) is 0. The Kier molecular flexibility index (Phi) is 5.34. The molecule has 1 aliphatic heterocycles. The van der Waals surface area contributed by atoms with Crippen LogP contribution in [0, 0.1) is 5.41 Å². The third-order valence-electron chi connectivity index (χ3n) is 2.73. The predicted molar refractivity (Wildman–Crippen MR) is 54.7 cm³/mol. The van der Waals surface area contributed by atoms with Crippen LogP contribution < -0.4 is 0 Å². The molecule has 0 aromatic heterocycles. The second kappa shape index (κ2) is 6.07. The summed E-state index contributed by atoms with van der Waals surface area (Å²) in [6.45, 7) is 0.251. The minimum Gasteiger partial charge on any atom is -0.381 e. The average Bonchev–Trinajstić information content (AvgIpc) is 2.65. The maximum absolute atomic E-state index is 11.8. The number of halogens is 4. The van der Waals surface area contributed by atoms with E-state index in [1.807, 2.05) is 0 Å². The van der Waals surface area contributed by atoms with Gasteiger partial charge in [0.1, 0.15) is 6.61 Å². The Bertz CT molecular complexity index is 203. The molecular weight excluding hydrogens is 245 g/mol. The highest BCUT2D eigenvalue weighted by molar-refractivity contribution is 6.18. The molecule has 0 amide bonds. The summed E-state index contributed by atoms with van der Waals surface area (Å²) in [5.41, 5.74) is -0.0524. The lowest BCUT2D eigenvalue weighted by Crippen LogP contribution is -2.24. The molecule has 2 nitrogen and oxygen atoms in total. The van der Waals surface area contributed by atoms with Gasteiger partial charge >= 0.3 is 6.18 Å². The molecule has 1 unspecified atom stereocenters. The molecule has 1 fully saturated rings. The monoisotopic (exact) mass is 260 g/mol. The van der Waals surface area contributed by atoms with E-state index in [1.165, 1.54) is 0 Å². The maximum Gasteiger partial charge on any atom is 0.411 e. The third-order valence-corrected chi connectivity index (χ3v) is 3.30. The summed E-state index contributed by atoms with van der Waals surface area (Å²) in [6, 6.07) is 0. The fraction of sp³-hybridized carbons (Fsp3) is 1.00. The number of ether oxygens (including phenoxy) is 2. The Morgan fingerprint density at radius 3 is 2.62 bits per heavy atom. The number of hydrogen-bond acceptors (Lipinski definition) is 2. The zero-order chi connectivity index (χ0) is 12.1. The molecular formula is C10H16ClF3O2. The molecule has 0 bridgehead atoms. The first-order valence-corrected chi connectivity index (χ1v) is 5.79. The Balaban J connectivity index is 2.10. The number of alkyl halides is 4. The van der Waals surface area contributed by atoms with E-state index in [1.54, 1.807) is 0 Å². The molecule has 1 heterocycles. The van der Waals surface area contributed by atoms with E-state index in [0.29, 0.717) is 25.5 Å². The van der Waals surface area contributed by atoms with Crippen LogP contribution in [0.5, 0.6) is 0 Å². The van der Waals surface area contributed by atoms with Crippen molar-refractivity contribution >= 4 is 11.6 Å². The fourth-order valence-electron chi connectivity index (χ4n) is 1.76. The van der Waals surface area contributed by atoms with E-state index < -0.39 is 12.8 Å². The Hall–Kier alpha value is -0.0000000000000000208. The van der Waals surface area contributed by atoms with Crippen molar-refractivity contribution in [1.82, 2.24) is 0 Å². The van der Waals surface area contributed by atoms with Crippen LogP contribution in [0.15, 0.2) is 0 Å². The van der Waals surface area contributed by atoms with Crippen molar-refractivity contribution in [2.24, 2.45) is 5.41 Å². The van der Waals surface area contributed by atoms with Gasteiger partial charge in [0.2, 0.25) is 0 Å². The van der Waals surface area contributed by atoms with Crippen molar-refractivity contribution in [2.75, 3.05) is 32.3 Å². The first kappa shape index (κ1) is 14.1. The largest absolute Gasteiger partial charge is 0.411 e. The molecule has 0 aromatic rings. The Labute approximate surface area is 98.0 Å². The molecule has 1 atom stereocenters. The molecule has 0 saturated carbocycles. The van der Waals surface area contributed by atoms with Gasteiger partial charge in [-0.1, -0.05) is 0 Å². The van der Waals surface area contributed by atoms with Crippen LogP contribution in [0.1, 0.15) is 19.3 Å². The van der Waals surface area contributed by atoms with Gasteiger partial charge in [0.15, 0.2) is 0 Å². The van der Waals surface area contributed by atoms with Crippen LogP contribution in [-0.4, -0.2) is 38.5 Å². The number of rotatable bonds is 6. The van der Waals surface area contributed by atoms with Gasteiger partial charge in [0.25, 0.3) is 0 Å². The summed E-state index contributed by atoms with van der Waals surface area (Å²) < 4.78 is 45.1. The molecule has 1 saturated heterocycles. The van der Waals surface area contributed by atoms with Crippen molar-refractivity contribution in [2.45, 2.75) is 25.4 Å². The molecule has 0 aliphatic carbocycles. The lowest BCUT2D eigenvalue weighted by molar-refractivity contribution is -0.174. The van der Waals surface area contributed by atoms with Gasteiger partial charge in [0.05, 0.1) is 6.61 Å². The normalized spacial score (nSPS) is 26.2. The summed E-state index contributed by atoms with van der Waals surface area (Å²) >= 11 is 5.85. The smallest absolute Gasteiger partial charge is 0.381 e. The van der Waals surface area contributed by atoms with Crippen molar-refractivity contribution < 1.29 is 22.6 Å². The van der Waals surface area contributed by atoms with E-state index >= 15 is 0 Å². The minimum atomic E-state index is -4.24. The summed E-state index contributed by atoms with van der Waals surface area (Å²) in [5.74, 6) is 0.492. The van der Waals surface area contributed by atoms with E-state index in [2.05, 4.69) is 4.74 Å². The number of hydrogen-bond donors (Lipinski definition) is 0. The zero-order valence-corrected chi connectivity index (χ0v) is 9.74. The second-order valence-electron chi connectivity index (χ2n) is 4.21. The quantitative estimate of drug-likeness (QED) is 0.540. The van der Waals surface area contributed by atoms with Gasteiger partial charge in [0, 0.05) is 24.5 Å². The Morgan fingerprint density at radius 2 is 2.12 bits per heavy atom. The van der Waals surface area contributed by atoms with Crippen molar-refractivity contribution in [1.29, 1.82) is 0 Å². The molecule has 0 radical (unpaired) electrons.